The van der Waals surface area contributed by atoms with Gasteiger partial charge in [0.15, 0.2) is 17.5 Å². The molecule has 2 N–H and O–H groups in total. The summed E-state index contributed by atoms with van der Waals surface area (Å²) in [6, 6.07) is 9.51. The number of carbonyl (C=O) groups is 1. The Hall–Kier alpha value is -4.02. The van der Waals surface area contributed by atoms with Crippen molar-refractivity contribution >= 4 is 22.6 Å². The number of benzene rings is 3. The molecule has 0 radical (unpaired) electrons. The highest BCUT2D eigenvalue weighted by Crippen LogP contribution is 2.30. The molecule has 1 aromatic heterocycles. The highest BCUT2D eigenvalue weighted by Gasteiger charge is 2.30. The second-order valence-electron chi connectivity index (χ2n) is 6.92. The molecule has 0 atom stereocenters. The summed E-state index contributed by atoms with van der Waals surface area (Å²) in [4.78, 5) is 12.4. The SMILES string of the molecule is O=C(Nc1n[nH]c2ccc(OCc3c(F)ccc(F)c3F)cc12)c1ccc(C(F)(F)F)cc1. The average Bonchev–Trinajstić information content (AvgIpc) is 3.18. The lowest BCUT2D eigenvalue weighted by molar-refractivity contribution is -0.137. The number of halogens is 6. The van der Waals surface area contributed by atoms with Crippen LogP contribution < -0.4 is 10.1 Å². The molecule has 0 aliphatic rings. The van der Waals surface area contributed by atoms with Gasteiger partial charge in [0.05, 0.1) is 16.6 Å². The number of rotatable bonds is 5. The van der Waals surface area contributed by atoms with Crippen LogP contribution in [0.25, 0.3) is 10.9 Å². The van der Waals surface area contributed by atoms with Gasteiger partial charge >= 0.3 is 6.18 Å². The van der Waals surface area contributed by atoms with Crippen LogP contribution in [0.2, 0.25) is 0 Å². The van der Waals surface area contributed by atoms with Crippen LogP contribution in [0.15, 0.2) is 54.6 Å². The fourth-order valence-electron chi connectivity index (χ4n) is 3.03. The van der Waals surface area contributed by atoms with E-state index in [-0.39, 0.29) is 17.1 Å². The van der Waals surface area contributed by atoms with Gasteiger partial charge in [0.2, 0.25) is 0 Å². The van der Waals surface area contributed by atoms with Gasteiger partial charge in [-0.25, -0.2) is 13.2 Å². The van der Waals surface area contributed by atoms with Crippen molar-refractivity contribution in [3.63, 3.8) is 0 Å². The van der Waals surface area contributed by atoms with Crippen molar-refractivity contribution in [3.05, 3.63) is 88.7 Å². The van der Waals surface area contributed by atoms with E-state index in [1.54, 1.807) is 0 Å². The number of anilines is 1. The normalized spacial score (nSPS) is 11.6. The van der Waals surface area contributed by atoms with Gasteiger partial charge in [0.1, 0.15) is 18.2 Å². The molecule has 0 saturated carbocycles. The van der Waals surface area contributed by atoms with Crippen LogP contribution in [-0.4, -0.2) is 16.1 Å². The summed E-state index contributed by atoms with van der Waals surface area (Å²) in [5.74, 6) is -4.03. The summed E-state index contributed by atoms with van der Waals surface area (Å²) in [5.41, 5.74) is -1.02. The highest BCUT2D eigenvalue weighted by atomic mass is 19.4. The lowest BCUT2D eigenvalue weighted by Gasteiger charge is -2.09. The standard InChI is InChI=1S/C22H13F6N3O2/c23-16-6-7-17(24)19(25)15(16)10-33-13-5-8-18-14(9-13)20(31-30-18)29-21(32)11-1-3-12(4-2-11)22(26,27)28/h1-9H,10H2,(H2,29,30,31,32). The van der Waals surface area contributed by atoms with E-state index in [0.717, 1.165) is 30.3 Å². The van der Waals surface area contributed by atoms with Crippen LogP contribution in [0.1, 0.15) is 21.5 Å². The maximum absolute atomic E-state index is 13.8. The monoisotopic (exact) mass is 465 g/mol. The molecule has 0 aliphatic heterocycles. The number of hydrogen-bond acceptors (Lipinski definition) is 3. The first kappa shape index (κ1) is 22.2. The lowest BCUT2D eigenvalue weighted by Crippen LogP contribution is -2.13. The van der Waals surface area contributed by atoms with E-state index in [1.165, 1.54) is 18.2 Å². The van der Waals surface area contributed by atoms with Crippen LogP contribution in [0, 0.1) is 17.5 Å². The Morgan fingerprint density at radius 2 is 1.67 bits per heavy atom. The molecule has 1 amide bonds. The van der Waals surface area contributed by atoms with Gasteiger partial charge in [-0.15, -0.1) is 0 Å². The van der Waals surface area contributed by atoms with Crippen molar-refractivity contribution in [1.82, 2.24) is 10.2 Å². The first-order chi connectivity index (χ1) is 15.6. The number of aromatic nitrogens is 2. The number of nitrogens with one attached hydrogen (secondary N) is 2. The zero-order valence-electron chi connectivity index (χ0n) is 16.4. The Morgan fingerprint density at radius 1 is 0.970 bits per heavy atom. The second kappa shape index (κ2) is 8.49. The minimum absolute atomic E-state index is 0.0244. The molecule has 170 valence electrons. The quantitative estimate of drug-likeness (QED) is 0.288. The molecule has 33 heavy (non-hydrogen) atoms. The molecule has 5 nitrogen and oxygen atoms in total. The Labute approximate surface area is 182 Å². The number of carbonyl (C=O) groups excluding carboxylic acids is 1. The Balaban J connectivity index is 1.52. The van der Waals surface area contributed by atoms with Crippen LogP contribution in [0.4, 0.5) is 32.2 Å². The number of nitrogens with zero attached hydrogens (tertiary/aromatic N) is 1. The highest BCUT2D eigenvalue weighted by molar-refractivity contribution is 6.08. The number of ether oxygens (including phenoxy) is 1. The minimum atomic E-state index is -4.53. The van der Waals surface area contributed by atoms with Crippen LogP contribution in [-0.2, 0) is 12.8 Å². The van der Waals surface area contributed by atoms with Crippen molar-refractivity contribution in [2.45, 2.75) is 12.8 Å². The van der Waals surface area contributed by atoms with Gasteiger partial charge in [-0.2, -0.15) is 18.3 Å². The van der Waals surface area contributed by atoms with E-state index in [4.69, 9.17) is 4.74 Å². The van der Waals surface area contributed by atoms with Gasteiger partial charge in [-0.3, -0.25) is 9.89 Å². The summed E-state index contributed by atoms with van der Waals surface area (Å²) < 4.78 is 84.4. The number of amides is 1. The predicted octanol–water partition coefficient (Wildman–Crippen LogP) is 5.83. The van der Waals surface area contributed by atoms with Crippen LogP contribution in [0.3, 0.4) is 0 Å². The molecule has 0 saturated heterocycles. The van der Waals surface area contributed by atoms with E-state index in [1.807, 2.05) is 0 Å². The lowest BCUT2D eigenvalue weighted by atomic mass is 10.1. The molecule has 11 heteroatoms. The molecule has 0 fully saturated rings. The summed E-state index contributed by atoms with van der Waals surface area (Å²) in [6.45, 7) is -0.591. The maximum Gasteiger partial charge on any atom is 0.416 e. The third-order valence-electron chi connectivity index (χ3n) is 4.76. The second-order valence-corrected chi connectivity index (χ2v) is 6.92. The van der Waals surface area contributed by atoms with E-state index in [2.05, 4.69) is 15.5 Å². The summed E-state index contributed by atoms with van der Waals surface area (Å²) in [5, 5.41) is 9.46. The molecule has 0 spiro atoms. The molecule has 0 aliphatic carbocycles. The number of hydrogen-bond donors (Lipinski definition) is 2. The van der Waals surface area contributed by atoms with Crippen molar-refractivity contribution in [1.29, 1.82) is 0 Å². The number of aromatic amines is 1. The van der Waals surface area contributed by atoms with E-state index >= 15 is 0 Å². The van der Waals surface area contributed by atoms with Crippen molar-refractivity contribution in [2.24, 2.45) is 0 Å². The van der Waals surface area contributed by atoms with E-state index in [9.17, 15) is 31.1 Å². The van der Waals surface area contributed by atoms with E-state index in [0.29, 0.717) is 17.0 Å². The first-order valence-corrected chi connectivity index (χ1v) is 9.35. The topological polar surface area (TPSA) is 67.0 Å². The third-order valence-corrected chi connectivity index (χ3v) is 4.76. The molecular weight excluding hydrogens is 452 g/mol. The zero-order valence-corrected chi connectivity index (χ0v) is 16.4. The van der Waals surface area contributed by atoms with Crippen LogP contribution >= 0.6 is 0 Å². The van der Waals surface area contributed by atoms with Gasteiger partial charge < -0.3 is 10.1 Å². The average molecular weight is 465 g/mol. The first-order valence-electron chi connectivity index (χ1n) is 9.35. The summed E-state index contributed by atoms with van der Waals surface area (Å²) in [6.07, 6.45) is -4.53. The van der Waals surface area contributed by atoms with Crippen molar-refractivity contribution in [3.8, 4) is 5.75 Å². The van der Waals surface area contributed by atoms with E-state index < -0.39 is 47.3 Å². The predicted molar refractivity (Wildman–Crippen MR) is 106 cm³/mol. The zero-order chi connectivity index (χ0) is 23.8. The van der Waals surface area contributed by atoms with Gasteiger partial charge in [0, 0.05) is 10.9 Å². The number of H-pyrrole nitrogens is 1. The van der Waals surface area contributed by atoms with Gasteiger partial charge in [0.25, 0.3) is 5.91 Å². The minimum Gasteiger partial charge on any atom is -0.489 e. The van der Waals surface area contributed by atoms with Crippen molar-refractivity contribution in [2.75, 3.05) is 5.32 Å². The third kappa shape index (κ3) is 4.61. The summed E-state index contributed by atoms with van der Waals surface area (Å²) in [7, 11) is 0. The Morgan fingerprint density at radius 3 is 2.36 bits per heavy atom. The number of alkyl halides is 3. The fraction of sp³-hybridized carbons (Fsp3) is 0.0909. The smallest absolute Gasteiger partial charge is 0.416 e. The molecular formula is C22H13F6N3O2. The largest absolute Gasteiger partial charge is 0.489 e. The summed E-state index contributed by atoms with van der Waals surface area (Å²) >= 11 is 0. The molecule has 4 rings (SSSR count). The van der Waals surface area contributed by atoms with Gasteiger partial charge in [-0.1, -0.05) is 0 Å². The van der Waals surface area contributed by atoms with Crippen molar-refractivity contribution < 1.29 is 35.9 Å². The molecule has 1 heterocycles. The molecule has 4 aromatic rings. The molecule has 3 aromatic carbocycles. The van der Waals surface area contributed by atoms with Crippen LogP contribution in [0.5, 0.6) is 5.75 Å². The Bertz CT molecular complexity index is 1330. The molecule has 0 bridgehead atoms. The Kier molecular flexibility index (Phi) is 5.71. The number of fused-ring (bicyclic) bond motifs is 1. The maximum atomic E-state index is 13.8. The molecule has 0 unspecified atom stereocenters. The van der Waals surface area contributed by atoms with Gasteiger partial charge in [-0.05, 0) is 54.6 Å². The fourth-order valence-corrected chi connectivity index (χ4v) is 3.03.